The van der Waals surface area contributed by atoms with E-state index < -0.39 is 6.10 Å². The third-order valence-corrected chi connectivity index (χ3v) is 3.33. The van der Waals surface area contributed by atoms with Crippen LogP contribution in [0.4, 0.5) is 4.39 Å². The Hall–Kier alpha value is -1.46. The number of pyridine rings is 1. The summed E-state index contributed by atoms with van der Waals surface area (Å²) < 4.78 is 18.9. The molecule has 0 aliphatic carbocycles. The van der Waals surface area contributed by atoms with Crippen LogP contribution in [0.25, 0.3) is 0 Å². The molecule has 0 radical (unpaired) electrons. The third kappa shape index (κ3) is 4.28. The Bertz CT molecular complexity index is 554. The predicted octanol–water partition coefficient (Wildman–Crippen LogP) is 3.14. The Morgan fingerprint density at radius 2 is 2.00 bits per heavy atom. The molecule has 2 aromatic rings. The predicted molar refractivity (Wildman–Crippen MR) is 78.3 cm³/mol. The number of halogens is 2. The first-order valence-corrected chi connectivity index (χ1v) is 6.98. The van der Waals surface area contributed by atoms with Crippen LogP contribution in [0.1, 0.15) is 11.1 Å². The molecule has 1 atom stereocenters. The summed E-state index contributed by atoms with van der Waals surface area (Å²) in [7, 11) is 1.55. The van der Waals surface area contributed by atoms with Gasteiger partial charge in [0.05, 0.1) is 13.2 Å². The molecule has 20 heavy (non-hydrogen) atoms. The number of methoxy groups -OCH3 is 1. The van der Waals surface area contributed by atoms with Gasteiger partial charge in [0, 0.05) is 23.2 Å². The van der Waals surface area contributed by atoms with Crippen molar-refractivity contribution in [3.63, 3.8) is 0 Å². The molecule has 106 valence electrons. The summed E-state index contributed by atoms with van der Waals surface area (Å²) in [4.78, 5) is 4.08. The van der Waals surface area contributed by atoms with Crippen molar-refractivity contribution in [2.24, 2.45) is 0 Å². The van der Waals surface area contributed by atoms with Crippen LogP contribution in [0.15, 0.2) is 41.0 Å². The van der Waals surface area contributed by atoms with Gasteiger partial charge in [-0.3, -0.25) is 0 Å². The molecule has 0 saturated heterocycles. The molecule has 3 nitrogen and oxygen atoms in total. The summed E-state index contributed by atoms with van der Waals surface area (Å²) >= 11 is 3.24. The molecule has 0 saturated carbocycles. The molecule has 0 bridgehead atoms. The number of aliphatic hydroxyl groups excluding tert-OH is 1. The van der Waals surface area contributed by atoms with Gasteiger partial charge in [-0.1, -0.05) is 22.0 Å². The molecule has 0 amide bonds. The maximum absolute atomic E-state index is 13.3. The highest BCUT2D eigenvalue weighted by Gasteiger charge is 2.09. The maximum Gasteiger partial charge on any atom is 0.212 e. The normalized spacial score (nSPS) is 12.2. The molecule has 5 heteroatoms. The Morgan fingerprint density at radius 3 is 2.60 bits per heavy atom. The van der Waals surface area contributed by atoms with E-state index in [0.717, 1.165) is 11.1 Å². The Balaban J connectivity index is 1.98. The highest BCUT2D eigenvalue weighted by molar-refractivity contribution is 9.10. The lowest BCUT2D eigenvalue weighted by atomic mass is 10.0. The van der Waals surface area contributed by atoms with Crippen molar-refractivity contribution in [2.45, 2.75) is 18.9 Å². The fourth-order valence-corrected chi connectivity index (χ4v) is 2.51. The van der Waals surface area contributed by atoms with Crippen molar-refractivity contribution in [3.8, 4) is 5.88 Å². The third-order valence-electron chi connectivity index (χ3n) is 2.87. The van der Waals surface area contributed by atoms with Crippen molar-refractivity contribution >= 4 is 15.9 Å². The van der Waals surface area contributed by atoms with Gasteiger partial charge >= 0.3 is 0 Å². The smallest absolute Gasteiger partial charge is 0.212 e. The van der Waals surface area contributed by atoms with Gasteiger partial charge in [-0.05, 0) is 35.7 Å². The number of rotatable bonds is 5. The number of nitrogens with zero attached hydrogens (tertiary/aromatic N) is 1. The summed E-state index contributed by atoms with van der Waals surface area (Å²) in [6.45, 7) is 0. The number of aromatic nitrogens is 1. The summed E-state index contributed by atoms with van der Waals surface area (Å²) in [5.41, 5.74) is 1.67. The molecule has 1 aromatic heterocycles. The number of ether oxygens (including phenoxy) is 1. The van der Waals surface area contributed by atoms with Gasteiger partial charge in [-0.2, -0.15) is 0 Å². The first-order valence-electron chi connectivity index (χ1n) is 6.19. The van der Waals surface area contributed by atoms with Gasteiger partial charge in [-0.15, -0.1) is 0 Å². The first-order chi connectivity index (χ1) is 9.56. The van der Waals surface area contributed by atoms with Crippen LogP contribution in [0.2, 0.25) is 0 Å². The zero-order valence-corrected chi connectivity index (χ0v) is 12.6. The lowest BCUT2D eigenvalue weighted by molar-refractivity contribution is 0.175. The minimum atomic E-state index is -0.584. The van der Waals surface area contributed by atoms with Crippen molar-refractivity contribution in [1.29, 1.82) is 0 Å². The van der Waals surface area contributed by atoms with Crippen LogP contribution in [0.3, 0.4) is 0 Å². The standard InChI is InChI=1S/C15H15BrFNO2/c1-20-15-3-2-10(9-18-15)6-14(19)7-11-4-12(16)8-13(17)5-11/h2-5,8-9,14,19H,6-7H2,1H3. The second-order valence-corrected chi connectivity index (χ2v) is 5.46. The number of hydrogen-bond donors (Lipinski definition) is 1. The zero-order chi connectivity index (χ0) is 14.5. The molecule has 1 N–H and O–H groups in total. The topological polar surface area (TPSA) is 42.4 Å². The van der Waals surface area contributed by atoms with Gasteiger partial charge in [-0.25, -0.2) is 9.37 Å². The van der Waals surface area contributed by atoms with E-state index >= 15 is 0 Å². The number of benzene rings is 1. The van der Waals surface area contributed by atoms with Gasteiger partial charge in [0.1, 0.15) is 5.82 Å². The highest BCUT2D eigenvalue weighted by atomic mass is 79.9. The first kappa shape index (κ1) is 14.9. The maximum atomic E-state index is 13.3. The SMILES string of the molecule is COc1ccc(CC(O)Cc2cc(F)cc(Br)c2)cn1. The molecule has 0 aliphatic rings. The van der Waals surface area contributed by atoms with Gasteiger partial charge in [0.25, 0.3) is 0 Å². The molecule has 1 unspecified atom stereocenters. The van der Waals surface area contributed by atoms with Crippen LogP contribution in [-0.2, 0) is 12.8 Å². The lowest BCUT2D eigenvalue weighted by Gasteiger charge is -2.11. The Labute approximate surface area is 125 Å². The molecule has 0 aliphatic heterocycles. The zero-order valence-electron chi connectivity index (χ0n) is 11.0. The lowest BCUT2D eigenvalue weighted by Crippen LogP contribution is -2.14. The number of hydrogen-bond acceptors (Lipinski definition) is 3. The highest BCUT2D eigenvalue weighted by Crippen LogP contribution is 2.17. The molecule has 1 heterocycles. The quantitative estimate of drug-likeness (QED) is 0.909. The van der Waals surface area contributed by atoms with Crippen LogP contribution < -0.4 is 4.74 Å². The second-order valence-electron chi connectivity index (χ2n) is 4.55. The van der Waals surface area contributed by atoms with E-state index in [9.17, 15) is 9.50 Å². The van der Waals surface area contributed by atoms with Crippen molar-refractivity contribution in [2.75, 3.05) is 7.11 Å². The van der Waals surface area contributed by atoms with Gasteiger partial charge in [0.2, 0.25) is 5.88 Å². The van der Waals surface area contributed by atoms with E-state index in [1.807, 2.05) is 6.07 Å². The Kier molecular flexibility index (Phi) is 5.09. The molecule has 1 aromatic carbocycles. The average Bonchev–Trinajstić information content (AvgIpc) is 2.38. The molecular formula is C15H15BrFNO2. The van der Waals surface area contributed by atoms with Crippen LogP contribution in [-0.4, -0.2) is 23.3 Å². The van der Waals surface area contributed by atoms with E-state index in [1.54, 1.807) is 25.4 Å². The van der Waals surface area contributed by atoms with Gasteiger partial charge in [0.15, 0.2) is 0 Å². The molecule has 0 fully saturated rings. The number of aliphatic hydroxyl groups is 1. The fourth-order valence-electron chi connectivity index (χ4n) is 2.00. The summed E-state index contributed by atoms with van der Waals surface area (Å²) in [6.07, 6.45) is 1.94. The van der Waals surface area contributed by atoms with Crippen molar-refractivity contribution in [1.82, 2.24) is 4.98 Å². The fraction of sp³-hybridized carbons (Fsp3) is 0.267. The Morgan fingerprint density at radius 1 is 1.25 bits per heavy atom. The van der Waals surface area contributed by atoms with Crippen molar-refractivity contribution < 1.29 is 14.2 Å². The average molecular weight is 340 g/mol. The van der Waals surface area contributed by atoms with Crippen LogP contribution in [0, 0.1) is 5.82 Å². The largest absolute Gasteiger partial charge is 0.481 e. The van der Waals surface area contributed by atoms with E-state index in [1.165, 1.54) is 12.1 Å². The minimum absolute atomic E-state index is 0.312. The van der Waals surface area contributed by atoms with Crippen molar-refractivity contribution in [3.05, 3.63) is 57.9 Å². The summed E-state index contributed by atoms with van der Waals surface area (Å²) in [5.74, 6) is 0.227. The van der Waals surface area contributed by atoms with Gasteiger partial charge < -0.3 is 9.84 Å². The molecular weight excluding hydrogens is 325 g/mol. The monoisotopic (exact) mass is 339 g/mol. The minimum Gasteiger partial charge on any atom is -0.481 e. The molecule has 2 rings (SSSR count). The molecule has 0 spiro atoms. The van der Waals surface area contributed by atoms with E-state index in [2.05, 4.69) is 20.9 Å². The van der Waals surface area contributed by atoms with E-state index in [4.69, 9.17) is 4.74 Å². The van der Waals surface area contributed by atoms with E-state index in [0.29, 0.717) is 23.2 Å². The van der Waals surface area contributed by atoms with Crippen LogP contribution >= 0.6 is 15.9 Å². The van der Waals surface area contributed by atoms with E-state index in [-0.39, 0.29) is 5.82 Å². The summed E-state index contributed by atoms with van der Waals surface area (Å²) in [5, 5.41) is 10.1. The summed E-state index contributed by atoms with van der Waals surface area (Å²) in [6, 6.07) is 8.24. The second kappa shape index (κ2) is 6.81. The van der Waals surface area contributed by atoms with Crippen LogP contribution in [0.5, 0.6) is 5.88 Å².